The Balaban J connectivity index is 1.95. The molecule has 0 aromatic rings. The summed E-state index contributed by atoms with van der Waals surface area (Å²) in [5.41, 5.74) is 0. The highest BCUT2D eigenvalue weighted by Crippen LogP contribution is 2.42. The molecule has 2 nitrogen and oxygen atoms in total. The molecular formula is C17H32O2S. The summed E-state index contributed by atoms with van der Waals surface area (Å²) in [6.45, 7) is 2.26. The molecule has 1 saturated heterocycles. The maximum Gasteiger partial charge on any atom is 0.319 e. The molecule has 1 atom stereocenters. The van der Waals surface area contributed by atoms with Gasteiger partial charge in [0.25, 0.3) is 0 Å². The quantitative estimate of drug-likeness (QED) is 0.473. The summed E-state index contributed by atoms with van der Waals surface area (Å²) in [6.07, 6.45) is 16.0. The zero-order valence-corrected chi connectivity index (χ0v) is 14.0. The summed E-state index contributed by atoms with van der Waals surface area (Å²) in [4.78, 5) is 11.4. The van der Waals surface area contributed by atoms with E-state index in [1.54, 1.807) is 11.8 Å². The first kappa shape index (κ1) is 17.9. The van der Waals surface area contributed by atoms with E-state index >= 15 is 0 Å². The second kappa shape index (κ2) is 10.5. The summed E-state index contributed by atoms with van der Waals surface area (Å²) in [7, 11) is 0. The fourth-order valence-corrected chi connectivity index (χ4v) is 4.45. The molecule has 0 aliphatic carbocycles. The number of carboxylic acids is 1. The van der Waals surface area contributed by atoms with Crippen molar-refractivity contribution in [1.29, 1.82) is 0 Å². The van der Waals surface area contributed by atoms with Gasteiger partial charge in [-0.15, -0.1) is 11.8 Å². The van der Waals surface area contributed by atoms with Gasteiger partial charge in [0, 0.05) is 0 Å². The standard InChI is InChI=1S/C17H32O2S/c1-2-3-4-5-6-7-8-9-10-11-13-17(16(18)19)14-12-15-20-17/h2-15H2,1H3,(H,18,19). The van der Waals surface area contributed by atoms with Crippen LogP contribution >= 0.6 is 11.8 Å². The zero-order chi connectivity index (χ0) is 14.7. The summed E-state index contributed by atoms with van der Waals surface area (Å²) in [5, 5.41) is 9.39. The topological polar surface area (TPSA) is 37.3 Å². The predicted octanol–water partition coefficient (Wildman–Crippen LogP) is 5.65. The van der Waals surface area contributed by atoms with E-state index in [0.717, 1.165) is 31.4 Å². The van der Waals surface area contributed by atoms with Crippen molar-refractivity contribution in [2.75, 3.05) is 5.75 Å². The van der Waals surface area contributed by atoms with Crippen LogP contribution in [-0.4, -0.2) is 21.6 Å². The fourth-order valence-electron chi connectivity index (χ4n) is 3.07. The Morgan fingerprint density at radius 1 is 1.00 bits per heavy atom. The maximum absolute atomic E-state index is 11.4. The van der Waals surface area contributed by atoms with Crippen LogP contribution in [0.25, 0.3) is 0 Å². The van der Waals surface area contributed by atoms with Gasteiger partial charge in [0.1, 0.15) is 4.75 Å². The minimum absolute atomic E-state index is 0.430. The van der Waals surface area contributed by atoms with Gasteiger partial charge in [-0.3, -0.25) is 4.79 Å². The molecule has 1 rings (SSSR count). The third kappa shape index (κ3) is 6.51. The van der Waals surface area contributed by atoms with Crippen molar-refractivity contribution >= 4 is 17.7 Å². The van der Waals surface area contributed by atoms with Crippen LogP contribution in [0.5, 0.6) is 0 Å². The van der Waals surface area contributed by atoms with E-state index in [1.807, 2.05) is 0 Å². The fraction of sp³-hybridized carbons (Fsp3) is 0.941. The smallest absolute Gasteiger partial charge is 0.319 e. The van der Waals surface area contributed by atoms with Crippen LogP contribution in [0.2, 0.25) is 0 Å². The van der Waals surface area contributed by atoms with E-state index in [0.29, 0.717) is 0 Å². The minimum Gasteiger partial charge on any atom is -0.480 e. The van der Waals surface area contributed by atoms with E-state index < -0.39 is 10.7 Å². The van der Waals surface area contributed by atoms with Crippen LogP contribution in [0.1, 0.15) is 90.4 Å². The van der Waals surface area contributed by atoms with Crippen LogP contribution in [0.15, 0.2) is 0 Å². The van der Waals surface area contributed by atoms with Gasteiger partial charge in [-0.2, -0.15) is 0 Å². The average molecular weight is 301 g/mol. The Hall–Kier alpha value is -0.180. The lowest BCUT2D eigenvalue weighted by Crippen LogP contribution is -2.32. The van der Waals surface area contributed by atoms with Gasteiger partial charge in [-0.1, -0.05) is 71.1 Å². The summed E-state index contributed by atoms with van der Waals surface area (Å²) < 4.78 is -0.430. The normalized spacial score (nSPS) is 22.2. The molecule has 1 fully saturated rings. The van der Waals surface area contributed by atoms with Crippen molar-refractivity contribution in [2.24, 2.45) is 0 Å². The molecule has 20 heavy (non-hydrogen) atoms. The summed E-state index contributed by atoms with van der Waals surface area (Å²) in [5.74, 6) is 0.459. The van der Waals surface area contributed by atoms with Crippen molar-refractivity contribution in [3.05, 3.63) is 0 Å². The number of hydrogen-bond acceptors (Lipinski definition) is 2. The third-order valence-corrected chi connectivity index (χ3v) is 6.06. The highest BCUT2D eigenvalue weighted by atomic mass is 32.2. The number of carboxylic acid groups (broad SMARTS) is 1. The highest BCUT2D eigenvalue weighted by Gasteiger charge is 2.41. The Bertz CT molecular complexity index is 260. The molecule has 0 aromatic carbocycles. The molecule has 1 heterocycles. The van der Waals surface area contributed by atoms with Crippen LogP contribution in [0.3, 0.4) is 0 Å². The Kier molecular flexibility index (Phi) is 9.41. The van der Waals surface area contributed by atoms with Gasteiger partial charge in [-0.05, 0) is 25.0 Å². The lowest BCUT2D eigenvalue weighted by Gasteiger charge is -2.22. The molecule has 3 heteroatoms. The number of hydrogen-bond donors (Lipinski definition) is 1. The van der Waals surface area contributed by atoms with Gasteiger partial charge >= 0.3 is 5.97 Å². The second-order valence-electron chi connectivity index (χ2n) is 6.18. The number of thioether (sulfide) groups is 1. The molecule has 0 amide bonds. The second-order valence-corrected chi connectivity index (χ2v) is 7.66. The summed E-state index contributed by atoms with van der Waals surface area (Å²) >= 11 is 1.68. The Morgan fingerprint density at radius 3 is 2.00 bits per heavy atom. The first-order valence-electron chi connectivity index (χ1n) is 8.58. The van der Waals surface area contributed by atoms with Gasteiger partial charge in [0.15, 0.2) is 0 Å². The van der Waals surface area contributed by atoms with Crippen molar-refractivity contribution in [3.63, 3.8) is 0 Å². The SMILES string of the molecule is CCCCCCCCCCCCC1(C(=O)O)CCCS1. The number of rotatable bonds is 12. The molecule has 1 unspecified atom stereocenters. The van der Waals surface area contributed by atoms with E-state index in [9.17, 15) is 9.90 Å². The number of aliphatic carboxylic acids is 1. The maximum atomic E-state index is 11.4. The van der Waals surface area contributed by atoms with Crippen molar-refractivity contribution in [3.8, 4) is 0 Å². The van der Waals surface area contributed by atoms with E-state index in [1.165, 1.54) is 57.8 Å². The van der Waals surface area contributed by atoms with Crippen LogP contribution in [0.4, 0.5) is 0 Å². The molecule has 1 aliphatic heterocycles. The molecule has 0 radical (unpaired) electrons. The van der Waals surface area contributed by atoms with Gasteiger partial charge in [-0.25, -0.2) is 0 Å². The largest absolute Gasteiger partial charge is 0.480 e. The van der Waals surface area contributed by atoms with Gasteiger partial charge in [0.05, 0.1) is 0 Å². The molecule has 0 bridgehead atoms. The monoisotopic (exact) mass is 300 g/mol. The van der Waals surface area contributed by atoms with Gasteiger partial charge < -0.3 is 5.11 Å². The molecule has 0 spiro atoms. The van der Waals surface area contributed by atoms with E-state index in [2.05, 4.69) is 6.92 Å². The number of unbranched alkanes of at least 4 members (excludes halogenated alkanes) is 9. The van der Waals surface area contributed by atoms with Crippen molar-refractivity contribution in [1.82, 2.24) is 0 Å². The molecular weight excluding hydrogens is 268 g/mol. The number of carbonyl (C=O) groups is 1. The van der Waals surface area contributed by atoms with Crippen LogP contribution in [0, 0.1) is 0 Å². The third-order valence-electron chi connectivity index (χ3n) is 4.43. The van der Waals surface area contributed by atoms with Crippen molar-refractivity contribution < 1.29 is 9.90 Å². The average Bonchev–Trinajstić information content (AvgIpc) is 2.91. The molecule has 0 aromatic heterocycles. The van der Waals surface area contributed by atoms with E-state index in [4.69, 9.17) is 0 Å². The Labute approximate surface area is 129 Å². The lowest BCUT2D eigenvalue weighted by molar-refractivity contribution is -0.140. The van der Waals surface area contributed by atoms with Crippen molar-refractivity contribution in [2.45, 2.75) is 95.1 Å². The first-order valence-corrected chi connectivity index (χ1v) is 9.57. The molecule has 1 aliphatic rings. The Morgan fingerprint density at radius 2 is 1.55 bits per heavy atom. The van der Waals surface area contributed by atoms with E-state index in [-0.39, 0.29) is 0 Å². The van der Waals surface area contributed by atoms with Crippen LogP contribution in [-0.2, 0) is 4.79 Å². The molecule has 1 N–H and O–H groups in total. The first-order chi connectivity index (χ1) is 9.71. The predicted molar refractivity (Wildman–Crippen MR) is 88.5 cm³/mol. The van der Waals surface area contributed by atoms with Gasteiger partial charge in [0.2, 0.25) is 0 Å². The summed E-state index contributed by atoms with van der Waals surface area (Å²) in [6, 6.07) is 0. The van der Waals surface area contributed by atoms with Crippen LogP contribution < -0.4 is 0 Å². The molecule has 0 saturated carbocycles. The zero-order valence-electron chi connectivity index (χ0n) is 13.2. The molecule has 118 valence electrons. The highest BCUT2D eigenvalue weighted by molar-refractivity contribution is 8.01. The minimum atomic E-state index is -0.573. The lowest BCUT2D eigenvalue weighted by atomic mass is 9.95.